The molecule has 0 spiro atoms. The Labute approximate surface area is 155 Å². The van der Waals surface area contributed by atoms with Crippen molar-refractivity contribution in [3.63, 3.8) is 0 Å². The average molecular weight is 365 g/mol. The van der Waals surface area contributed by atoms with E-state index in [9.17, 15) is 9.18 Å². The van der Waals surface area contributed by atoms with Gasteiger partial charge in [-0.15, -0.1) is 12.4 Å². The molecule has 0 radical (unpaired) electrons. The normalized spacial score (nSPS) is 12.2. The highest BCUT2D eigenvalue weighted by Crippen LogP contribution is 2.33. The van der Waals surface area contributed by atoms with Crippen molar-refractivity contribution in [2.24, 2.45) is 5.41 Å². The maximum absolute atomic E-state index is 13.2. The maximum atomic E-state index is 13.2. The Balaban J connectivity index is 0.00000312. The van der Waals surface area contributed by atoms with Gasteiger partial charge in [0.05, 0.1) is 6.04 Å². The third-order valence-corrected chi connectivity index (χ3v) is 4.05. The molecule has 0 saturated heterocycles. The van der Waals surface area contributed by atoms with Gasteiger partial charge in [-0.05, 0) is 41.2 Å². The standard InChI is InChI=1S/C20H25FN2O.ClH/c1-20(2,3)19(15-8-11-16(21)12-9-15)23-18(24)13-10-14-6-4-5-7-17(14)22;/h4-9,11-12,19H,10,13,22H2,1-3H3,(H,23,24);1H. The second kappa shape index (κ2) is 8.86. The number of rotatable bonds is 5. The van der Waals surface area contributed by atoms with Gasteiger partial charge in [0.1, 0.15) is 5.82 Å². The highest BCUT2D eigenvalue weighted by Gasteiger charge is 2.27. The predicted octanol–water partition coefficient (Wildman–Crippen LogP) is 4.67. The summed E-state index contributed by atoms with van der Waals surface area (Å²) in [5.74, 6) is -0.320. The van der Waals surface area contributed by atoms with Crippen molar-refractivity contribution in [3.8, 4) is 0 Å². The lowest BCUT2D eigenvalue weighted by Gasteiger charge is -2.32. The van der Waals surface area contributed by atoms with Crippen LogP contribution in [0.2, 0.25) is 0 Å². The van der Waals surface area contributed by atoms with Gasteiger partial charge in [0, 0.05) is 12.1 Å². The molecule has 0 aliphatic carbocycles. The number of benzene rings is 2. The minimum absolute atomic E-state index is 0. The Morgan fingerprint density at radius 3 is 2.28 bits per heavy atom. The first kappa shape index (κ1) is 21.0. The van der Waals surface area contributed by atoms with E-state index in [-0.39, 0.29) is 35.6 Å². The molecule has 0 aliphatic heterocycles. The molecule has 5 heteroatoms. The number of nitrogens with one attached hydrogen (secondary N) is 1. The minimum atomic E-state index is -0.280. The Kier molecular flexibility index (Phi) is 7.43. The zero-order valence-corrected chi connectivity index (χ0v) is 15.7. The van der Waals surface area contributed by atoms with Gasteiger partial charge in [0.15, 0.2) is 0 Å². The Bertz CT molecular complexity index is 696. The summed E-state index contributed by atoms with van der Waals surface area (Å²) in [5, 5.41) is 3.08. The molecule has 136 valence electrons. The molecule has 3 N–H and O–H groups in total. The van der Waals surface area contributed by atoms with Crippen LogP contribution in [-0.4, -0.2) is 5.91 Å². The first-order chi connectivity index (χ1) is 11.3. The SMILES string of the molecule is CC(C)(C)C(NC(=O)CCc1ccccc1N)c1ccc(F)cc1.Cl. The zero-order chi connectivity index (χ0) is 17.7. The second-order valence-electron chi connectivity index (χ2n) is 7.12. The van der Waals surface area contributed by atoms with Crippen molar-refractivity contribution in [2.75, 3.05) is 5.73 Å². The van der Waals surface area contributed by atoms with Gasteiger partial charge in [-0.25, -0.2) is 4.39 Å². The van der Waals surface area contributed by atoms with Gasteiger partial charge in [0.2, 0.25) is 5.91 Å². The molecule has 0 heterocycles. The number of aryl methyl sites for hydroxylation is 1. The molecule has 2 aromatic rings. The van der Waals surface area contributed by atoms with E-state index in [1.807, 2.05) is 24.3 Å². The van der Waals surface area contributed by atoms with E-state index in [1.54, 1.807) is 12.1 Å². The molecule has 1 atom stereocenters. The molecular formula is C20H26ClFN2O. The van der Waals surface area contributed by atoms with Crippen LogP contribution in [0.1, 0.15) is 44.4 Å². The van der Waals surface area contributed by atoms with Crippen LogP contribution in [0, 0.1) is 11.2 Å². The molecule has 2 rings (SSSR count). The molecule has 3 nitrogen and oxygen atoms in total. The van der Waals surface area contributed by atoms with Crippen LogP contribution in [0.3, 0.4) is 0 Å². The lowest BCUT2D eigenvalue weighted by atomic mass is 9.82. The fourth-order valence-electron chi connectivity index (χ4n) is 2.70. The molecular weight excluding hydrogens is 339 g/mol. The van der Waals surface area contributed by atoms with Gasteiger partial charge < -0.3 is 11.1 Å². The van der Waals surface area contributed by atoms with Crippen LogP contribution in [0.5, 0.6) is 0 Å². The monoisotopic (exact) mass is 364 g/mol. The molecule has 0 bridgehead atoms. The first-order valence-corrected chi connectivity index (χ1v) is 8.15. The average Bonchev–Trinajstić information content (AvgIpc) is 2.52. The summed E-state index contributed by atoms with van der Waals surface area (Å²) in [6.07, 6.45) is 0.959. The lowest BCUT2D eigenvalue weighted by molar-refractivity contribution is -0.122. The summed E-state index contributed by atoms with van der Waals surface area (Å²) in [7, 11) is 0. The van der Waals surface area contributed by atoms with Crippen LogP contribution in [0.25, 0.3) is 0 Å². The largest absolute Gasteiger partial charge is 0.399 e. The molecule has 0 fully saturated rings. The van der Waals surface area contributed by atoms with Crippen LogP contribution < -0.4 is 11.1 Å². The van der Waals surface area contributed by atoms with E-state index >= 15 is 0 Å². The number of nitrogen functional groups attached to an aromatic ring is 1. The van der Waals surface area contributed by atoms with Crippen LogP contribution in [0.4, 0.5) is 10.1 Å². The predicted molar refractivity (Wildman–Crippen MR) is 103 cm³/mol. The van der Waals surface area contributed by atoms with E-state index in [4.69, 9.17) is 5.73 Å². The van der Waals surface area contributed by atoms with E-state index in [0.29, 0.717) is 18.5 Å². The van der Waals surface area contributed by atoms with E-state index in [2.05, 4.69) is 26.1 Å². The number of para-hydroxylation sites is 1. The summed E-state index contributed by atoms with van der Waals surface area (Å²) >= 11 is 0. The Hall–Kier alpha value is -2.07. The van der Waals surface area contributed by atoms with Crippen molar-refractivity contribution >= 4 is 24.0 Å². The van der Waals surface area contributed by atoms with E-state index < -0.39 is 0 Å². The number of halogens is 2. The lowest BCUT2D eigenvalue weighted by Crippen LogP contribution is -2.36. The number of anilines is 1. The topological polar surface area (TPSA) is 55.1 Å². The highest BCUT2D eigenvalue weighted by atomic mass is 35.5. The number of hydrogen-bond acceptors (Lipinski definition) is 2. The summed E-state index contributed by atoms with van der Waals surface area (Å²) in [6.45, 7) is 6.16. The highest BCUT2D eigenvalue weighted by molar-refractivity contribution is 5.85. The van der Waals surface area contributed by atoms with E-state index in [1.165, 1.54) is 12.1 Å². The van der Waals surface area contributed by atoms with Crippen molar-refractivity contribution in [1.29, 1.82) is 0 Å². The van der Waals surface area contributed by atoms with Gasteiger partial charge >= 0.3 is 0 Å². The maximum Gasteiger partial charge on any atom is 0.220 e. The summed E-state index contributed by atoms with van der Waals surface area (Å²) in [5.41, 5.74) is 8.31. The Morgan fingerprint density at radius 1 is 1.12 bits per heavy atom. The molecule has 1 unspecified atom stereocenters. The van der Waals surface area contributed by atoms with Gasteiger partial charge in [0.25, 0.3) is 0 Å². The van der Waals surface area contributed by atoms with Gasteiger partial charge in [-0.2, -0.15) is 0 Å². The molecule has 2 aromatic carbocycles. The molecule has 0 saturated carbocycles. The van der Waals surface area contributed by atoms with E-state index in [0.717, 1.165) is 11.1 Å². The van der Waals surface area contributed by atoms with Crippen LogP contribution in [0.15, 0.2) is 48.5 Å². The number of amides is 1. The number of carbonyl (C=O) groups excluding carboxylic acids is 1. The molecule has 1 amide bonds. The number of hydrogen-bond donors (Lipinski definition) is 2. The fourth-order valence-corrected chi connectivity index (χ4v) is 2.70. The molecule has 0 aromatic heterocycles. The van der Waals surface area contributed by atoms with Crippen LogP contribution in [-0.2, 0) is 11.2 Å². The fraction of sp³-hybridized carbons (Fsp3) is 0.350. The number of carbonyl (C=O) groups is 1. The number of nitrogens with two attached hydrogens (primary N) is 1. The zero-order valence-electron chi connectivity index (χ0n) is 14.9. The second-order valence-corrected chi connectivity index (χ2v) is 7.12. The minimum Gasteiger partial charge on any atom is -0.399 e. The smallest absolute Gasteiger partial charge is 0.220 e. The summed E-state index contributed by atoms with van der Waals surface area (Å²) in [6, 6.07) is 13.7. The van der Waals surface area contributed by atoms with Crippen molar-refractivity contribution in [3.05, 3.63) is 65.5 Å². The van der Waals surface area contributed by atoms with Gasteiger partial charge in [-0.3, -0.25) is 4.79 Å². The Morgan fingerprint density at radius 2 is 1.72 bits per heavy atom. The van der Waals surface area contributed by atoms with Crippen LogP contribution >= 0.6 is 12.4 Å². The summed E-state index contributed by atoms with van der Waals surface area (Å²) in [4.78, 5) is 12.4. The first-order valence-electron chi connectivity index (χ1n) is 8.15. The van der Waals surface area contributed by atoms with Crippen molar-refractivity contribution in [2.45, 2.75) is 39.7 Å². The molecule has 25 heavy (non-hydrogen) atoms. The third kappa shape index (κ3) is 6.05. The van der Waals surface area contributed by atoms with Gasteiger partial charge in [-0.1, -0.05) is 51.1 Å². The summed E-state index contributed by atoms with van der Waals surface area (Å²) < 4.78 is 13.2. The molecule has 0 aliphatic rings. The quantitative estimate of drug-likeness (QED) is 0.758. The third-order valence-electron chi connectivity index (χ3n) is 4.05. The van der Waals surface area contributed by atoms with Crippen molar-refractivity contribution < 1.29 is 9.18 Å². The van der Waals surface area contributed by atoms with Crippen molar-refractivity contribution in [1.82, 2.24) is 5.32 Å².